The highest BCUT2D eigenvalue weighted by Gasteiger charge is 2.14. The summed E-state index contributed by atoms with van der Waals surface area (Å²) in [7, 11) is 0. The van der Waals surface area contributed by atoms with Gasteiger partial charge in [-0.2, -0.15) is 0 Å². The number of aromatic nitrogens is 2. The molecular formula is C20H22N4O3. The first-order chi connectivity index (χ1) is 13.0. The van der Waals surface area contributed by atoms with Crippen LogP contribution in [-0.2, 0) is 29.2 Å². The van der Waals surface area contributed by atoms with Crippen molar-refractivity contribution in [2.45, 2.75) is 33.5 Å². The van der Waals surface area contributed by atoms with Crippen LogP contribution < -0.4 is 16.3 Å². The van der Waals surface area contributed by atoms with Crippen LogP contribution in [0.4, 0.5) is 5.69 Å². The smallest absolute Gasteiger partial charge is 0.329 e. The molecule has 0 saturated carbocycles. The van der Waals surface area contributed by atoms with E-state index in [-0.39, 0.29) is 24.0 Å². The lowest BCUT2D eigenvalue weighted by Crippen LogP contribution is -2.32. The molecule has 0 aliphatic rings. The number of anilines is 1. The average Bonchev–Trinajstić information content (AvgIpc) is 2.91. The minimum absolute atomic E-state index is 0.0439. The van der Waals surface area contributed by atoms with Crippen molar-refractivity contribution in [1.82, 2.24) is 14.5 Å². The number of amides is 2. The highest BCUT2D eigenvalue weighted by molar-refractivity contribution is 5.88. The van der Waals surface area contributed by atoms with Crippen LogP contribution >= 0.6 is 0 Å². The van der Waals surface area contributed by atoms with Gasteiger partial charge in [-0.25, -0.2) is 4.79 Å². The molecule has 0 radical (unpaired) electrons. The van der Waals surface area contributed by atoms with Gasteiger partial charge in [0.15, 0.2) is 0 Å². The second-order valence-corrected chi connectivity index (χ2v) is 6.26. The van der Waals surface area contributed by atoms with Crippen LogP contribution in [0, 0.1) is 0 Å². The number of rotatable bonds is 6. The van der Waals surface area contributed by atoms with Gasteiger partial charge in [-0.05, 0) is 36.8 Å². The highest BCUT2D eigenvalue weighted by atomic mass is 16.2. The molecule has 0 unspecified atom stereocenters. The maximum absolute atomic E-state index is 12.6. The molecule has 2 amide bonds. The summed E-state index contributed by atoms with van der Waals surface area (Å²) in [6, 6.07) is 14.7. The minimum Gasteiger partial charge on any atom is -0.350 e. The van der Waals surface area contributed by atoms with Crippen molar-refractivity contribution in [2.75, 3.05) is 5.32 Å². The van der Waals surface area contributed by atoms with Gasteiger partial charge in [0.1, 0.15) is 6.54 Å². The molecule has 3 rings (SSSR count). The normalized spacial score (nSPS) is 10.7. The Bertz CT molecular complexity index is 1050. The maximum atomic E-state index is 12.6. The molecule has 7 heteroatoms. The van der Waals surface area contributed by atoms with Gasteiger partial charge in [-0.3, -0.25) is 18.7 Å². The van der Waals surface area contributed by atoms with Crippen LogP contribution in [0.1, 0.15) is 19.4 Å². The molecule has 0 aliphatic heterocycles. The van der Waals surface area contributed by atoms with E-state index in [2.05, 4.69) is 10.6 Å². The predicted octanol–water partition coefficient (Wildman–Crippen LogP) is 2.10. The Balaban J connectivity index is 1.72. The summed E-state index contributed by atoms with van der Waals surface area (Å²) in [5, 5.41) is 5.54. The Morgan fingerprint density at radius 2 is 1.70 bits per heavy atom. The monoisotopic (exact) mass is 366 g/mol. The highest BCUT2D eigenvalue weighted by Crippen LogP contribution is 2.13. The van der Waals surface area contributed by atoms with E-state index in [1.54, 1.807) is 16.7 Å². The van der Waals surface area contributed by atoms with Crippen molar-refractivity contribution < 1.29 is 9.59 Å². The van der Waals surface area contributed by atoms with Gasteiger partial charge in [0.2, 0.25) is 11.8 Å². The lowest BCUT2D eigenvalue weighted by molar-refractivity contribution is -0.121. The summed E-state index contributed by atoms with van der Waals surface area (Å²) in [4.78, 5) is 36.1. The first-order valence-electron chi connectivity index (χ1n) is 8.81. The van der Waals surface area contributed by atoms with E-state index in [1.807, 2.05) is 43.3 Å². The molecule has 2 aromatic carbocycles. The average molecular weight is 366 g/mol. The Morgan fingerprint density at radius 1 is 1.00 bits per heavy atom. The number of nitrogens with one attached hydrogen (secondary N) is 2. The van der Waals surface area contributed by atoms with Crippen molar-refractivity contribution in [2.24, 2.45) is 0 Å². The summed E-state index contributed by atoms with van der Waals surface area (Å²) >= 11 is 0. The summed E-state index contributed by atoms with van der Waals surface area (Å²) in [6.07, 6.45) is 0. The van der Waals surface area contributed by atoms with Crippen molar-refractivity contribution in [1.29, 1.82) is 0 Å². The minimum atomic E-state index is -0.249. The van der Waals surface area contributed by atoms with Gasteiger partial charge in [0.25, 0.3) is 0 Å². The van der Waals surface area contributed by atoms with Gasteiger partial charge < -0.3 is 10.6 Å². The van der Waals surface area contributed by atoms with E-state index in [0.29, 0.717) is 18.8 Å². The number of carbonyl (C=O) groups is 2. The largest absolute Gasteiger partial charge is 0.350 e. The van der Waals surface area contributed by atoms with Gasteiger partial charge in [0, 0.05) is 25.7 Å². The third kappa shape index (κ3) is 4.08. The first kappa shape index (κ1) is 18.4. The SMILES string of the molecule is CCn1c(=O)n(CC(=O)NCc2cccc(NC(C)=O)c2)c2ccccc21. The Kier molecular flexibility index (Phi) is 5.40. The second kappa shape index (κ2) is 7.90. The molecule has 7 nitrogen and oxygen atoms in total. The summed E-state index contributed by atoms with van der Waals surface area (Å²) in [5.41, 5.74) is 2.91. The van der Waals surface area contributed by atoms with Crippen molar-refractivity contribution in [3.05, 3.63) is 64.6 Å². The van der Waals surface area contributed by atoms with E-state index in [4.69, 9.17) is 0 Å². The van der Waals surface area contributed by atoms with Crippen LogP contribution in [-0.4, -0.2) is 20.9 Å². The molecule has 3 aromatic rings. The molecule has 0 fully saturated rings. The number of fused-ring (bicyclic) bond motifs is 1. The molecule has 1 aromatic heterocycles. The number of hydrogen-bond acceptors (Lipinski definition) is 3. The van der Waals surface area contributed by atoms with Gasteiger partial charge >= 0.3 is 5.69 Å². The number of aryl methyl sites for hydroxylation is 1. The fourth-order valence-corrected chi connectivity index (χ4v) is 3.09. The Hall–Kier alpha value is -3.35. The summed E-state index contributed by atoms with van der Waals surface area (Å²) in [5.74, 6) is -0.399. The van der Waals surface area contributed by atoms with E-state index < -0.39 is 0 Å². The third-order valence-electron chi connectivity index (χ3n) is 4.28. The number of nitrogens with zero attached hydrogens (tertiary/aromatic N) is 2. The van der Waals surface area contributed by atoms with Crippen LogP contribution in [0.2, 0.25) is 0 Å². The van der Waals surface area contributed by atoms with Crippen LogP contribution in [0.15, 0.2) is 53.3 Å². The maximum Gasteiger partial charge on any atom is 0.329 e. The fourth-order valence-electron chi connectivity index (χ4n) is 3.09. The fraction of sp³-hybridized carbons (Fsp3) is 0.250. The quantitative estimate of drug-likeness (QED) is 0.701. The zero-order valence-corrected chi connectivity index (χ0v) is 15.4. The lowest BCUT2D eigenvalue weighted by atomic mass is 10.2. The van der Waals surface area contributed by atoms with Crippen LogP contribution in [0.3, 0.4) is 0 Å². The number of hydrogen-bond donors (Lipinski definition) is 2. The van der Waals surface area contributed by atoms with Gasteiger partial charge in [-0.1, -0.05) is 24.3 Å². The Morgan fingerprint density at radius 3 is 2.37 bits per heavy atom. The zero-order valence-electron chi connectivity index (χ0n) is 15.4. The third-order valence-corrected chi connectivity index (χ3v) is 4.28. The van der Waals surface area contributed by atoms with Crippen molar-refractivity contribution in [3.8, 4) is 0 Å². The molecule has 0 saturated heterocycles. The topological polar surface area (TPSA) is 85.1 Å². The predicted molar refractivity (Wildman–Crippen MR) is 104 cm³/mol. The number of carbonyl (C=O) groups excluding carboxylic acids is 2. The van der Waals surface area contributed by atoms with Gasteiger partial charge in [0.05, 0.1) is 11.0 Å². The number of para-hydroxylation sites is 2. The molecule has 140 valence electrons. The molecule has 1 heterocycles. The number of imidazole rings is 1. The van der Waals surface area contributed by atoms with Crippen molar-refractivity contribution in [3.63, 3.8) is 0 Å². The van der Waals surface area contributed by atoms with Gasteiger partial charge in [-0.15, -0.1) is 0 Å². The van der Waals surface area contributed by atoms with E-state index >= 15 is 0 Å². The molecule has 27 heavy (non-hydrogen) atoms. The molecule has 0 spiro atoms. The molecule has 0 atom stereocenters. The molecular weight excluding hydrogens is 344 g/mol. The number of benzene rings is 2. The first-order valence-corrected chi connectivity index (χ1v) is 8.81. The molecule has 0 bridgehead atoms. The summed E-state index contributed by atoms with van der Waals surface area (Å²) < 4.78 is 3.14. The van der Waals surface area contributed by atoms with Crippen molar-refractivity contribution >= 4 is 28.5 Å². The van der Waals surface area contributed by atoms with E-state index in [9.17, 15) is 14.4 Å². The van der Waals surface area contributed by atoms with Crippen LogP contribution in [0.5, 0.6) is 0 Å². The molecule has 0 aliphatic carbocycles. The Labute approximate surface area is 156 Å². The lowest BCUT2D eigenvalue weighted by Gasteiger charge is -2.08. The van der Waals surface area contributed by atoms with Crippen LogP contribution in [0.25, 0.3) is 11.0 Å². The zero-order chi connectivity index (χ0) is 19.4. The molecule has 2 N–H and O–H groups in total. The second-order valence-electron chi connectivity index (χ2n) is 6.26. The van der Waals surface area contributed by atoms with E-state index in [1.165, 1.54) is 11.5 Å². The standard InChI is InChI=1S/C20H22N4O3/c1-3-23-17-9-4-5-10-18(17)24(20(23)27)13-19(26)21-12-15-7-6-8-16(11-15)22-14(2)25/h4-11H,3,12-13H2,1-2H3,(H,21,26)(H,22,25). The van der Waals surface area contributed by atoms with E-state index in [0.717, 1.165) is 16.6 Å². The summed E-state index contributed by atoms with van der Waals surface area (Å²) in [6.45, 7) is 4.16.